The summed E-state index contributed by atoms with van der Waals surface area (Å²) in [5.74, 6) is 0. The van der Waals surface area contributed by atoms with Crippen LogP contribution in [0.1, 0.15) is 139 Å². The Morgan fingerprint density at radius 1 is 0.326 bits per heavy atom. The SMILES string of the molecule is CCC[CH2][Sn+]([CH2]C)[CH2]CCC.CCC[CH2][Sn+]([CH2]C)[CH2]CCC.CCC[CH2][Sn+]([CH2]C)[CH2]CCC.N#[C][Fe-3]([C]#N)([C]#N)([C]#N)([C]#N)[C]#N. The van der Waals surface area contributed by atoms with Gasteiger partial charge in [0.25, 0.3) is 0 Å². The summed E-state index contributed by atoms with van der Waals surface area (Å²) in [6, 6.07) is 0. The van der Waals surface area contributed by atoms with Crippen molar-refractivity contribution in [2.45, 2.75) is 179 Å². The maximum absolute atomic E-state index is 8.58. The van der Waals surface area contributed by atoms with Crippen LogP contribution in [0, 0.1) is 61.4 Å². The van der Waals surface area contributed by atoms with Crippen molar-refractivity contribution in [3.63, 3.8) is 0 Å². The Morgan fingerprint density at radius 3 is 0.543 bits per heavy atom. The average Bonchev–Trinajstić information content (AvgIpc) is 3.12. The van der Waals surface area contributed by atoms with Crippen molar-refractivity contribution in [2.75, 3.05) is 0 Å². The Labute approximate surface area is 307 Å². The van der Waals surface area contributed by atoms with Crippen molar-refractivity contribution in [3.8, 4) is 29.8 Å². The number of nitrogens with zero attached hydrogens (tertiary/aromatic N) is 6. The van der Waals surface area contributed by atoms with E-state index in [2.05, 4.69) is 62.3 Å². The zero-order valence-corrected chi connectivity index (χ0v) is 41.1. The summed E-state index contributed by atoms with van der Waals surface area (Å²) in [5, 5.41) is 51.5. The molecule has 0 radical (unpaired) electrons. The first-order valence-corrected chi connectivity index (χ1v) is 39.4. The summed E-state index contributed by atoms with van der Waals surface area (Å²) in [5.41, 5.74) is 0. The standard InChI is InChI=1S/6C4H9.3C2H5.6CN.Fe.3Sn/c6*1-3-4-2;9*1-2;;;;/h6*1,3-4H2,2H3;3*1H2,2H3;;;;;;;;;;/q;;;;;;;;;;;;;;;-3;3*+1. The third-order valence-electron chi connectivity index (χ3n) is 7.99. The molecule has 0 bridgehead atoms. The van der Waals surface area contributed by atoms with Gasteiger partial charge in [0.1, 0.15) is 0 Å². The normalized spacial score (nSPS) is 11.0. The molecule has 0 rings (SSSR count). The Morgan fingerprint density at radius 2 is 0.478 bits per heavy atom. The van der Waals surface area contributed by atoms with E-state index in [1.165, 1.54) is 77.0 Å². The predicted molar refractivity (Wildman–Crippen MR) is 201 cm³/mol. The van der Waals surface area contributed by atoms with Crippen LogP contribution in [0.2, 0.25) is 39.9 Å². The molecule has 0 aromatic heterocycles. The summed E-state index contributed by atoms with van der Waals surface area (Å²) < 4.78 is 14.7. The molecule has 263 valence electrons. The van der Waals surface area contributed by atoms with Gasteiger partial charge in [-0.15, -0.1) is 0 Å². The zero-order valence-electron chi connectivity index (χ0n) is 31.4. The first kappa shape index (κ1) is 52.7. The minimum atomic E-state index is -6.17. The fourth-order valence-corrected chi connectivity index (χ4v) is 27.9. The molecule has 0 unspecified atom stereocenters. The van der Waals surface area contributed by atoms with Crippen LogP contribution in [0.5, 0.6) is 0 Å². The van der Waals surface area contributed by atoms with E-state index in [1.807, 2.05) is 0 Å². The number of hydrogen-bond acceptors (Lipinski definition) is 6. The van der Waals surface area contributed by atoms with Crippen molar-refractivity contribution >= 4 is 59.3 Å². The Kier molecular flexibility index (Phi) is 38.2. The number of rotatable bonds is 21. The molecule has 0 fully saturated rings. The van der Waals surface area contributed by atoms with Crippen LogP contribution in [0.3, 0.4) is 0 Å². The fourth-order valence-electron chi connectivity index (χ4n) is 4.26. The molecule has 6 nitrogen and oxygen atoms in total. The van der Waals surface area contributed by atoms with E-state index >= 15 is 0 Å². The van der Waals surface area contributed by atoms with Gasteiger partial charge in [0.2, 0.25) is 0 Å². The van der Waals surface area contributed by atoms with Crippen LogP contribution in [-0.2, 0) is 10.7 Å². The molecule has 0 saturated heterocycles. The molecule has 0 aliphatic heterocycles. The van der Waals surface area contributed by atoms with Crippen molar-refractivity contribution < 1.29 is 10.7 Å². The van der Waals surface area contributed by atoms with Gasteiger partial charge in [0, 0.05) is 0 Å². The van der Waals surface area contributed by atoms with Crippen LogP contribution in [0.25, 0.3) is 0 Å². The molecular weight excluding hydrogens is 928 g/mol. The summed E-state index contributed by atoms with van der Waals surface area (Å²) >= 11 is -2.33. The second-order valence-corrected chi connectivity index (χ2v) is 44.8. The number of nitriles is 6. The van der Waals surface area contributed by atoms with Gasteiger partial charge < -0.3 is 0 Å². The summed E-state index contributed by atoms with van der Waals surface area (Å²) in [7, 11) is -6.17. The molecule has 0 spiro atoms. The van der Waals surface area contributed by atoms with E-state index in [1.54, 1.807) is 39.9 Å². The van der Waals surface area contributed by atoms with E-state index < -0.39 is 70.0 Å². The average molecular weight is 998 g/mol. The molecule has 0 amide bonds. The van der Waals surface area contributed by atoms with Crippen molar-refractivity contribution in [2.24, 2.45) is 0 Å². The molecule has 0 atom stereocenters. The van der Waals surface area contributed by atoms with E-state index in [-0.39, 0.29) is 0 Å². The van der Waals surface area contributed by atoms with Gasteiger partial charge >= 0.3 is 311 Å². The topological polar surface area (TPSA) is 143 Å². The maximum atomic E-state index is 8.58. The summed E-state index contributed by atoms with van der Waals surface area (Å²) in [6.45, 7) is 21.1. The molecule has 0 heterocycles. The Hall–Kier alpha value is -0.144. The van der Waals surface area contributed by atoms with E-state index in [9.17, 15) is 0 Å². The second kappa shape index (κ2) is 33.4. The van der Waals surface area contributed by atoms with Crippen LogP contribution < -0.4 is 0 Å². The van der Waals surface area contributed by atoms with Gasteiger partial charge in [0.05, 0.1) is 0 Å². The fraction of sp³-hybridized carbons (Fsp3) is 0.833. The quantitative estimate of drug-likeness (QED) is 0.105. The van der Waals surface area contributed by atoms with E-state index in [0.717, 1.165) is 29.8 Å². The first-order chi connectivity index (χ1) is 22.0. The summed E-state index contributed by atoms with van der Waals surface area (Å²) in [6.07, 6.45) is 17.6. The van der Waals surface area contributed by atoms with Crippen LogP contribution in [0.4, 0.5) is 0 Å². The Balaban J connectivity index is -0.000000256. The van der Waals surface area contributed by atoms with Gasteiger partial charge in [-0.1, -0.05) is 0 Å². The predicted octanol–water partition coefficient (Wildman–Crippen LogP) is 12.4. The van der Waals surface area contributed by atoms with Crippen LogP contribution in [-0.4, -0.2) is 59.3 Å². The van der Waals surface area contributed by atoms with Crippen LogP contribution >= 0.6 is 0 Å². The van der Waals surface area contributed by atoms with Crippen molar-refractivity contribution in [3.05, 3.63) is 0 Å². The summed E-state index contributed by atoms with van der Waals surface area (Å²) in [4.78, 5) is 6.19. The molecule has 0 aliphatic carbocycles. The first-order valence-electron chi connectivity index (χ1n) is 17.9. The third-order valence-corrected chi connectivity index (χ3v) is 38.4. The molecule has 0 aliphatic rings. The molecule has 0 N–H and O–H groups in total. The molecule has 0 saturated carbocycles. The number of unbranched alkanes of at least 4 members (excludes halogenated alkanes) is 6. The molecule has 46 heavy (non-hydrogen) atoms. The van der Waals surface area contributed by atoms with Gasteiger partial charge in [-0.25, -0.2) is 0 Å². The van der Waals surface area contributed by atoms with Crippen LogP contribution in [0.15, 0.2) is 0 Å². The van der Waals surface area contributed by atoms with Gasteiger partial charge in [-0.05, 0) is 0 Å². The van der Waals surface area contributed by atoms with Crippen molar-refractivity contribution in [1.82, 2.24) is 0 Å². The molecule has 10 heteroatoms. The van der Waals surface area contributed by atoms with Gasteiger partial charge in [-0.2, -0.15) is 0 Å². The van der Waals surface area contributed by atoms with Gasteiger partial charge in [0.15, 0.2) is 0 Å². The molecular formula is C36H69FeN6Sn3. The third kappa shape index (κ3) is 22.5. The second-order valence-electron chi connectivity index (χ2n) is 11.7. The van der Waals surface area contributed by atoms with E-state index in [4.69, 9.17) is 31.6 Å². The minimum absolute atomic E-state index is 0.777. The van der Waals surface area contributed by atoms with Crippen molar-refractivity contribution in [1.29, 1.82) is 31.6 Å². The molecule has 0 aromatic rings. The Bertz CT molecular complexity index is 794. The van der Waals surface area contributed by atoms with Gasteiger partial charge in [-0.3, -0.25) is 0 Å². The van der Waals surface area contributed by atoms with E-state index in [0.29, 0.717) is 0 Å². The molecule has 0 aromatic carbocycles. The number of hydrogen-bond donors (Lipinski definition) is 0. The monoisotopic (exact) mass is 1000 g/mol. The zero-order chi connectivity index (χ0) is 36.2.